The van der Waals surface area contributed by atoms with Gasteiger partial charge in [0.05, 0.1) is 10.6 Å². The molecule has 1 aromatic heterocycles. The number of aromatic nitrogens is 1. The van der Waals surface area contributed by atoms with Crippen molar-refractivity contribution in [3.05, 3.63) is 18.0 Å². The third-order valence-corrected chi connectivity index (χ3v) is 2.93. The Labute approximate surface area is 75.3 Å². The Bertz CT molecular complexity index is 308. The molecule has 0 bridgehead atoms. The highest BCUT2D eigenvalue weighted by Gasteiger charge is 2.19. The van der Waals surface area contributed by atoms with Crippen LogP contribution in [0.1, 0.15) is 16.9 Å². The quantitative estimate of drug-likeness (QED) is 0.618. The lowest BCUT2D eigenvalue weighted by molar-refractivity contribution is 0.0973. The van der Waals surface area contributed by atoms with Crippen molar-refractivity contribution in [2.24, 2.45) is 0 Å². The van der Waals surface area contributed by atoms with Gasteiger partial charge < -0.3 is 4.98 Å². The van der Waals surface area contributed by atoms with E-state index in [2.05, 4.69) is 9.29 Å². The molecule has 0 saturated heterocycles. The fraction of sp³-hybridized carbons (Fsp3) is 0.375. The van der Waals surface area contributed by atoms with Gasteiger partial charge in [-0.3, -0.25) is 4.79 Å². The van der Waals surface area contributed by atoms with E-state index in [9.17, 15) is 4.79 Å². The average molecular weight is 182 g/mol. The Morgan fingerprint density at radius 1 is 1.67 bits per heavy atom. The van der Waals surface area contributed by atoms with Gasteiger partial charge in [0.25, 0.3) is 0 Å². The number of carbonyl (C=O) groups is 1. The summed E-state index contributed by atoms with van der Waals surface area (Å²) in [4.78, 5) is 15.5. The first-order valence-electron chi connectivity index (χ1n) is 3.87. The van der Waals surface area contributed by atoms with Gasteiger partial charge in [-0.05, 0) is 25.1 Å². The van der Waals surface area contributed by atoms with Crippen LogP contribution in [0.5, 0.6) is 0 Å². The third-order valence-electron chi connectivity index (χ3n) is 1.90. The largest absolute Gasteiger partial charge is 0.358 e. The number of ketones is 1. The van der Waals surface area contributed by atoms with Crippen LogP contribution in [0.15, 0.2) is 17.2 Å². The second-order valence-electron chi connectivity index (χ2n) is 2.83. The molecular formula is C8H10N2OS. The van der Waals surface area contributed by atoms with Crippen molar-refractivity contribution in [2.75, 3.05) is 13.6 Å². The Morgan fingerprint density at radius 3 is 3.33 bits per heavy atom. The van der Waals surface area contributed by atoms with Gasteiger partial charge in [0.15, 0.2) is 5.78 Å². The van der Waals surface area contributed by atoms with Crippen molar-refractivity contribution >= 4 is 17.7 Å². The van der Waals surface area contributed by atoms with Crippen LogP contribution in [0.2, 0.25) is 0 Å². The van der Waals surface area contributed by atoms with Gasteiger partial charge in [-0.1, -0.05) is 0 Å². The second-order valence-corrected chi connectivity index (χ2v) is 4.08. The topological polar surface area (TPSA) is 36.1 Å². The molecule has 0 aromatic carbocycles. The molecule has 1 aliphatic rings. The summed E-state index contributed by atoms with van der Waals surface area (Å²) in [5, 5.41) is 0. The second kappa shape index (κ2) is 2.95. The van der Waals surface area contributed by atoms with E-state index >= 15 is 0 Å². The predicted molar refractivity (Wildman–Crippen MR) is 48.2 cm³/mol. The molecule has 0 fully saturated rings. The standard InChI is InChI=1S/C8H10N2OS/c1-10-5-3-6(11)8-7(12-10)2-4-9-8/h2,4,9H,3,5H2,1H3. The number of hydrogen-bond donors (Lipinski definition) is 1. The highest BCUT2D eigenvalue weighted by molar-refractivity contribution is 7.97. The first-order chi connectivity index (χ1) is 5.77. The lowest BCUT2D eigenvalue weighted by Crippen LogP contribution is -2.10. The smallest absolute Gasteiger partial charge is 0.181 e. The lowest BCUT2D eigenvalue weighted by Gasteiger charge is -2.09. The number of carbonyl (C=O) groups excluding carboxylic acids is 1. The summed E-state index contributed by atoms with van der Waals surface area (Å²) in [6, 6.07) is 1.94. The Balaban J connectivity index is 2.38. The zero-order valence-electron chi connectivity index (χ0n) is 6.83. The maximum Gasteiger partial charge on any atom is 0.181 e. The summed E-state index contributed by atoms with van der Waals surface area (Å²) in [6.45, 7) is 0.825. The van der Waals surface area contributed by atoms with Gasteiger partial charge in [0, 0.05) is 19.2 Å². The minimum Gasteiger partial charge on any atom is -0.358 e. The molecule has 0 radical (unpaired) electrons. The molecule has 2 heterocycles. The van der Waals surface area contributed by atoms with Crippen LogP contribution in [0.4, 0.5) is 0 Å². The summed E-state index contributed by atoms with van der Waals surface area (Å²) < 4.78 is 2.08. The molecule has 0 unspecified atom stereocenters. The molecule has 1 aliphatic heterocycles. The Morgan fingerprint density at radius 2 is 2.50 bits per heavy atom. The molecule has 2 rings (SSSR count). The van der Waals surface area contributed by atoms with E-state index in [4.69, 9.17) is 0 Å². The van der Waals surface area contributed by atoms with Crippen LogP contribution in [0.25, 0.3) is 0 Å². The first-order valence-corrected chi connectivity index (χ1v) is 4.64. The van der Waals surface area contributed by atoms with Gasteiger partial charge in [0.1, 0.15) is 0 Å². The summed E-state index contributed by atoms with van der Waals surface area (Å²) >= 11 is 1.62. The minimum atomic E-state index is 0.215. The van der Waals surface area contributed by atoms with E-state index in [-0.39, 0.29) is 5.78 Å². The van der Waals surface area contributed by atoms with Crippen molar-refractivity contribution in [2.45, 2.75) is 11.3 Å². The molecule has 0 amide bonds. The number of Topliss-reactive ketones (excluding diaryl/α,β-unsaturated/α-hetero) is 1. The summed E-state index contributed by atoms with van der Waals surface area (Å²) in [5.74, 6) is 0.215. The highest BCUT2D eigenvalue weighted by Crippen LogP contribution is 2.28. The van der Waals surface area contributed by atoms with E-state index in [1.807, 2.05) is 19.3 Å². The maximum atomic E-state index is 11.4. The van der Waals surface area contributed by atoms with E-state index in [0.29, 0.717) is 6.42 Å². The molecule has 3 nitrogen and oxygen atoms in total. The van der Waals surface area contributed by atoms with Crippen molar-refractivity contribution in [3.63, 3.8) is 0 Å². The molecule has 0 aliphatic carbocycles. The van der Waals surface area contributed by atoms with Crippen LogP contribution >= 0.6 is 11.9 Å². The number of H-pyrrole nitrogens is 1. The van der Waals surface area contributed by atoms with Crippen LogP contribution in [-0.4, -0.2) is 28.7 Å². The van der Waals surface area contributed by atoms with Crippen molar-refractivity contribution in [3.8, 4) is 0 Å². The number of rotatable bonds is 0. The third kappa shape index (κ3) is 1.28. The molecule has 0 spiro atoms. The number of aromatic amines is 1. The van der Waals surface area contributed by atoms with E-state index in [1.165, 1.54) is 0 Å². The van der Waals surface area contributed by atoms with Gasteiger partial charge in [-0.15, -0.1) is 0 Å². The molecule has 0 saturated carbocycles. The Hall–Kier alpha value is -0.740. The normalized spacial score (nSPS) is 18.9. The van der Waals surface area contributed by atoms with E-state index < -0.39 is 0 Å². The zero-order valence-corrected chi connectivity index (χ0v) is 7.65. The lowest BCUT2D eigenvalue weighted by atomic mass is 10.2. The number of nitrogens with zero attached hydrogens (tertiary/aromatic N) is 1. The maximum absolute atomic E-state index is 11.4. The first kappa shape index (κ1) is 7.89. The Kier molecular flexibility index (Phi) is 1.94. The van der Waals surface area contributed by atoms with Gasteiger partial charge in [-0.2, -0.15) is 0 Å². The van der Waals surface area contributed by atoms with Gasteiger partial charge in [-0.25, -0.2) is 4.31 Å². The highest BCUT2D eigenvalue weighted by atomic mass is 32.2. The van der Waals surface area contributed by atoms with Crippen LogP contribution in [0.3, 0.4) is 0 Å². The minimum absolute atomic E-state index is 0.215. The molecule has 12 heavy (non-hydrogen) atoms. The van der Waals surface area contributed by atoms with Crippen LogP contribution < -0.4 is 0 Å². The summed E-state index contributed by atoms with van der Waals surface area (Å²) in [6.07, 6.45) is 2.42. The molecule has 0 atom stereocenters. The fourth-order valence-corrected chi connectivity index (χ4v) is 2.16. The fourth-order valence-electron chi connectivity index (χ4n) is 1.25. The van der Waals surface area contributed by atoms with Crippen LogP contribution in [0, 0.1) is 0 Å². The van der Waals surface area contributed by atoms with E-state index in [1.54, 1.807) is 11.9 Å². The van der Waals surface area contributed by atoms with Crippen molar-refractivity contribution in [1.29, 1.82) is 0 Å². The van der Waals surface area contributed by atoms with Crippen molar-refractivity contribution < 1.29 is 4.79 Å². The average Bonchev–Trinajstić information content (AvgIpc) is 2.44. The van der Waals surface area contributed by atoms with Crippen LogP contribution in [-0.2, 0) is 0 Å². The molecular weight excluding hydrogens is 172 g/mol. The summed E-state index contributed by atoms with van der Waals surface area (Å²) in [5.41, 5.74) is 0.768. The molecule has 4 heteroatoms. The molecule has 1 N–H and O–H groups in total. The predicted octanol–water partition coefficient (Wildman–Crippen LogP) is 1.54. The van der Waals surface area contributed by atoms with Gasteiger partial charge in [0.2, 0.25) is 0 Å². The zero-order chi connectivity index (χ0) is 8.55. The monoisotopic (exact) mass is 182 g/mol. The summed E-state index contributed by atoms with van der Waals surface area (Å²) in [7, 11) is 2.00. The number of hydrogen-bond acceptors (Lipinski definition) is 3. The number of nitrogens with one attached hydrogen (secondary N) is 1. The van der Waals surface area contributed by atoms with Gasteiger partial charge >= 0.3 is 0 Å². The SMILES string of the molecule is CN1CCC(=O)c2[nH]ccc2S1. The molecule has 1 aromatic rings. The van der Waals surface area contributed by atoms with Crippen molar-refractivity contribution in [1.82, 2.24) is 9.29 Å². The van der Waals surface area contributed by atoms with E-state index in [0.717, 1.165) is 17.1 Å². The number of fused-ring (bicyclic) bond motifs is 1. The molecule has 64 valence electrons.